The molecule has 0 saturated heterocycles. The van der Waals surface area contributed by atoms with E-state index in [0.29, 0.717) is 0 Å². The Labute approximate surface area is 124 Å². The lowest BCUT2D eigenvalue weighted by molar-refractivity contribution is -0.144. The van der Waals surface area contributed by atoms with Crippen LogP contribution in [-0.2, 0) is 6.18 Å². The van der Waals surface area contributed by atoms with E-state index in [1.165, 1.54) is 35.5 Å². The average molecular weight is 321 g/mol. The number of hydrogen-bond acceptors (Lipinski definition) is 5. The van der Waals surface area contributed by atoms with Gasteiger partial charge in [0.15, 0.2) is 11.0 Å². The molecular weight excluding hydrogens is 315 g/mol. The molecule has 4 rings (SSSR count). The number of alkyl halides is 3. The summed E-state index contributed by atoms with van der Waals surface area (Å²) in [5.41, 5.74) is -0.430. The Morgan fingerprint density at radius 3 is 2.78 bits per heavy atom. The van der Waals surface area contributed by atoms with Gasteiger partial charge < -0.3 is 9.40 Å². The third kappa shape index (κ3) is 2.06. The maximum Gasteiger partial charge on any atom is 0.449 e. The smallest absolute Gasteiger partial charge is 0.436 e. The van der Waals surface area contributed by atoms with Crippen LogP contribution in [0.15, 0.2) is 40.1 Å². The zero-order chi connectivity index (χ0) is 16.2. The molecule has 0 fully saturated rings. The Morgan fingerprint density at radius 2 is 2.09 bits per heavy atom. The number of hydrogen-bond donors (Lipinski definition) is 1. The number of aromatic nitrogens is 5. The standard InChI is InChI=1S/C13H6F3N5O2/c14-13(15,16)12-19-7-2-1-6-8(22)3-9(21-5-17-4-18-21)23-11(6)10(7)20-12/h1-5H,(H,19,20). The number of fused-ring (bicyclic) bond motifs is 3. The van der Waals surface area contributed by atoms with Crippen molar-refractivity contribution < 1.29 is 17.6 Å². The van der Waals surface area contributed by atoms with Crippen molar-refractivity contribution in [1.29, 1.82) is 0 Å². The van der Waals surface area contributed by atoms with Crippen LogP contribution in [0.1, 0.15) is 5.82 Å². The number of rotatable bonds is 1. The first-order valence-corrected chi connectivity index (χ1v) is 6.32. The van der Waals surface area contributed by atoms with E-state index >= 15 is 0 Å². The van der Waals surface area contributed by atoms with Gasteiger partial charge in [0.05, 0.1) is 10.9 Å². The summed E-state index contributed by atoms with van der Waals surface area (Å²) in [7, 11) is 0. The molecule has 0 amide bonds. The van der Waals surface area contributed by atoms with E-state index in [0.717, 1.165) is 0 Å². The van der Waals surface area contributed by atoms with E-state index in [1.54, 1.807) is 0 Å². The van der Waals surface area contributed by atoms with Crippen LogP contribution >= 0.6 is 0 Å². The molecule has 1 N–H and O–H groups in total. The second-order valence-electron chi connectivity index (χ2n) is 4.71. The van der Waals surface area contributed by atoms with Crippen LogP contribution in [0, 0.1) is 0 Å². The van der Waals surface area contributed by atoms with Crippen LogP contribution in [0.3, 0.4) is 0 Å². The predicted octanol–water partition coefficient (Wildman–Crippen LogP) is 2.27. The number of benzene rings is 1. The molecule has 7 nitrogen and oxygen atoms in total. The molecule has 3 heterocycles. The fourth-order valence-corrected chi connectivity index (χ4v) is 2.24. The lowest BCUT2D eigenvalue weighted by Crippen LogP contribution is -2.07. The number of halogens is 3. The predicted molar refractivity (Wildman–Crippen MR) is 72.1 cm³/mol. The molecule has 0 unspecified atom stereocenters. The molecular formula is C13H6F3N5O2. The van der Waals surface area contributed by atoms with E-state index in [2.05, 4.69) is 20.1 Å². The molecule has 0 atom stereocenters. The summed E-state index contributed by atoms with van der Waals surface area (Å²) in [6, 6.07) is 3.92. The van der Waals surface area contributed by atoms with Gasteiger partial charge in [0, 0.05) is 6.07 Å². The van der Waals surface area contributed by atoms with Crippen molar-refractivity contribution in [3.8, 4) is 5.88 Å². The Kier molecular flexibility index (Phi) is 2.59. The minimum absolute atomic E-state index is 0.0315. The van der Waals surface area contributed by atoms with E-state index in [-0.39, 0.29) is 27.9 Å². The number of nitrogens with one attached hydrogen (secondary N) is 1. The SMILES string of the molecule is O=c1cc(-n2cncn2)oc2c1ccc1[nH]c(C(F)(F)F)nc12. The Balaban J connectivity index is 2.08. The highest BCUT2D eigenvalue weighted by Crippen LogP contribution is 2.31. The summed E-state index contributed by atoms with van der Waals surface area (Å²) in [4.78, 5) is 21.6. The normalized spacial score (nSPS) is 12.3. The molecule has 1 aromatic carbocycles. The Morgan fingerprint density at radius 1 is 1.26 bits per heavy atom. The summed E-state index contributed by atoms with van der Waals surface area (Å²) in [5.74, 6) is -1.13. The summed E-state index contributed by atoms with van der Waals surface area (Å²) in [6.45, 7) is 0. The third-order valence-corrected chi connectivity index (χ3v) is 3.25. The van der Waals surface area contributed by atoms with Gasteiger partial charge in [0.2, 0.25) is 11.7 Å². The van der Waals surface area contributed by atoms with Crippen molar-refractivity contribution in [1.82, 2.24) is 24.7 Å². The number of nitrogens with zero attached hydrogens (tertiary/aromatic N) is 4. The van der Waals surface area contributed by atoms with Crippen molar-refractivity contribution in [2.75, 3.05) is 0 Å². The molecule has 0 aliphatic carbocycles. The molecule has 0 saturated carbocycles. The molecule has 23 heavy (non-hydrogen) atoms. The molecule has 0 aliphatic rings. The van der Waals surface area contributed by atoms with E-state index < -0.39 is 17.4 Å². The lowest BCUT2D eigenvalue weighted by Gasteiger charge is -2.02. The molecule has 4 aromatic rings. The van der Waals surface area contributed by atoms with Crippen LogP contribution in [0.5, 0.6) is 0 Å². The van der Waals surface area contributed by atoms with Crippen molar-refractivity contribution in [3.05, 3.63) is 46.9 Å². The zero-order valence-electron chi connectivity index (χ0n) is 11.1. The van der Waals surface area contributed by atoms with Crippen LogP contribution in [0.2, 0.25) is 0 Å². The molecule has 116 valence electrons. The second-order valence-corrected chi connectivity index (χ2v) is 4.71. The molecule has 3 aromatic heterocycles. The van der Waals surface area contributed by atoms with Crippen LogP contribution < -0.4 is 5.43 Å². The van der Waals surface area contributed by atoms with E-state index in [4.69, 9.17) is 4.42 Å². The second kappa shape index (κ2) is 4.41. The van der Waals surface area contributed by atoms with Gasteiger partial charge in [0.1, 0.15) is 18.2 Å². The van der Waals surface area contributed by atoms with Gasteiger partial charge in [-0.2, -0.15) is 23.0 Å². The van der Waals surface area contributed by atoms with Gasteiger partial charge in [-0.1, -0.05) is 0 Å². The quantitative estimate of drug-likeness (QED) is 0.581. The van der Waals surface area contributed by atoms with Gasteiger partial charge in [-0.3, -0.25) is 4.79 Å². The summed E-state index contributed by atoms with van der Waals surface area (Å²) in [6.07, 6.45) is -2.09. The molecule has 0 aliphatic heterocycles. The largest absolute Gasteiger partial charge is 0.449 e. The highest BCUT2D eigenvalue weighted by atomic mass is 19.4. The Bertz CT molecular complexity index is 1080. The van der Waals surface area contributed by atoms with Gasteiger partial charge >= 0.3 is 6.18 Å². The third-order valence-electron chi connectivity index (χ3n) is 3.25. The molecule has 0 spiro atoms. The monoisotopic (exact) mass is 321 g/mol. The van der Waals surface area contributed by atoms with Gasteiger partial charge in [-0.05, 0) is 12.1 Å². The van der Waals surface area contributed by atoms with Crippen molar-refractivity contribution in [2.45, 2.75) is 6.18 Å². The highest BCUT2D eigenvalue weighted by Gasteiger charge is 2.35. The van der Waals surface area contributed by atoms with Crippen molar-refractivity contribution >= 4 is 22.0 Å². The Hall–Kier alpha value is -3.17. The van der Waals surface area contributed by atoms with E-state index in [9.17, 15) is 18.0 Å². The maximum absolute atomic E-state index is 12.8. The van der Waals surface area contributed by atoms with Gasteiger partial charge in [-0.15, -0.1) is 0 Å². The van der Waals surface area contributed by atoms with Crippen LogP contribution in [0.25, 0.3) is 27.9 Å². The van der Waals surface area contributed by atoms with Gasteiger partial charge in [-0.25, -0.2) is 9.97 Å². The van der Waals surface area contributed by atoms with Gasteiger partial charge in [0.25, 0.3) is 0 Å². The average Bonchev–Trinajstić information content (AvgIpc) is 3.16. The molecule has 0 bridgehead atoms. The minimum Gasteiger partial charge on any atom is -0.436 e. The first kappa shape index (κ1) is 13.5. The van der Waals surface area contributed by atoms with Crippen LogP contribution in [-0.4, -0.2) is 24.7 Å². The van der Waals surface area contributed by atoms with Crippen LogP contribution in [0.4, 0.5) is 13.2 Å². The number of aromatic amines is 1. The topological polar surface area (TPSA) is 89.6 Å². The molecule has 10 heteroatoms. The fraction of sp³-hybridized carbons (Fsp3) is 0.0769. The summed E-state index contributed by atoms with van der Waals surface area (Å²) < 4.78 is 45.1. The first-order chi connectivity index (χ1) is 10.9. The highest BCUT2D eigenvalue weighted by molar-refractivity contribution is 6.00. The number of imidazole rings is 1. The summed E-state index contributed by atoms with van der Waals surface area (Å²) >= 11 is 0. The summed E-state index contributed by atoms with van der Waals surface area (Å²) in [5, 5.41) is 3.95. The lowest BCUT2D eigenvalue weighted by atomic mass is 10.2. The van der Waals surface area contributed by atoms with Crippen molar-refractivity contribution in [2.24, 2.45) is 0 Å². The fourth-order valence-electron chi connectivity index (χ4n) is 2.24. The minimum atomic E-state index is -4.63. The van der Waals surface area contributed by atoms with E-state index in [1.807, 2.05) is 0 Å². The molecule has 0 radical (unpaired) electrons. The first-order valence-electron chi connectivity index (χ1n) is 6.32. The number of H-pyrrole nitrogens is 1. The maximum atomic E-state index is 12.8. The zero-order valence-corrected chi connectivity index (χ0v) is 11.1. The van der Waals surface area contributed by atoms with Crippen molar-refractivity contribution in [3.63, 3.8) is 0 Å².